The third-order valence-corrected chi connectivity index (χ3v) is 4.17. The van der Waals surface area contributed by atoms with Crippen LogP contribution in [0.15, 0.2) is 47.3 Å². The molecule has 0 aliphatic rings. The zero-order valence-corrected chi connectivity index (χ0v) is 13.8. The van der Waals surface area contributed by atoms with E-state index in [1.165, 1.54) is 34.9 Å². The van der Waals surface area contributed by atoms with Crippen LogP contribution in [0.25, 0.3) is 10.9 Å². The van der Waals surface area contributed by atoms with Crippen molar-refractivity contribution in [2.24, 2.45) is 0 Å². The summed E-state index contributed by atoms with van der Waals surface area (Å²) in [6, 6.07) is 8.41. The average molecular weight is 380 g/mol. The van der Waals surface area contributed by atoms with Gasteiger partial charge in [-0.25, -0.2) is 4.79 Å². The molecule has 0 aliphatic carbocycles. The standard InChI is InChI=1S/C17H11F3N2O3S/c18-17(19,20)11-4-1-9(2-5-11)8-22-14(23)12-6-3-10(15(24)25)7-13(12)21-16(22)26/h1-7H,8H2,(H,21,26)(H,24,25). The number of nitrogens with one attached hydrogen (secondary N) is 1. The lowest BCUT2D eigenvalue weighted by atomic mass is 10.1. The van der Waals surface area contributed by atoms with Crippen LogP contribution < -0.4 is 5.56 Å². The number of aromatic carboxylic acids is 1. The Morgan fingerprint density at radius 1 is 1.15 bits per heavy atom. The Bertz CT molecular complexity index is 1120. The lowest BCUT2D eigenvalue weighted by molar-refractivity contribution is -0.137. The van der Waals surface area contributed by atoms with E-state index < -0.39 is 23.3 Å². The summed E-state index contributed by atoms with van der Waals surface area (Å²) in [6.07, 6.45) is -4.43. The fraction of sp³-hybridized carbons (Fsp3) is 0.118. The number of halogens is 3. The van der Waals surface area contributed by atoms with Crippen LogP contribution in [0.5, 0.6) is 0 Å². The summed E-state index contributed by atoms with van der Waals surface area (Å²) in [4.78, 5) is 26.4. The minimum absolute atomic E-state index is 0.00281. The topological polar surface area (TPSA) is 75.1 Å². The molecule has 0 unspecified atom stereocenters. The third-order valence-electron chi connectivity index (χ3n) is 3.85. The molecule has 0 amide bonds. The van der Waals surface area contributed by atoms with Crippen molar-refractivity contribution in [3.8, 4) is 0 Å². The molecular weight excluding hydrogens is 369 g/mol. The van der Waals surface area contributed by atoms with Crippen molar-refractivity contribution in [2.45, 2.75) is 12.7 Å². The number of aromatic amines is 1. The van der Waals surface area contributed by atoms with E-state index in [0.717, 1.165) is 12.1 Å². The first kappa shape index (κ1) is 17.9. The van der Waals surface area contributed by atoms with Crippen LogP contribution in [0.2, 0.25) is 0 Å². The quantitative estimate of drug-likeness (QED) is 0.678. The molecule has 1 aromatic heterocycles. The van der Waals surface area contributed by atoms with Crippen LogP contribution >= 0.6 is 12.2 Å². The summed E-state index contributed by atoms with van der Waals surface area (Å²) in [6.45, 7) is -0.0110. The van der Waals surface area contributed by atoms with Gasteiger partial charge in [0, 0.05) is 0 Å². The predicted octanol–water partition coefficient (Wildman–Crippen LogP) is 3.82. The zero-order chi connectivity index (χ0) is 19.1. The van der Waals surface area contributed by atoms with Crippen LogP contribution in [-0.4, -0.2) is 20.6 Å². The first-order chi connectivity index (χ1) is 12.2. The van der Waals surface area contributed by atoms with Crippen molar-refractivity contribution in [1.82, 2.24) is 9.55 Å². The number of hydrogen-bond acceptors (Lipinski definition) is 3. The fourth-order valence-corrected chi connectivity index (χ4v) is 2.77. The minimum atomic E-state index is -4.43. The first-order valence-electron chi connectivity index (χ1n) is 7.33. The van der Waals surface area contributed by atoms with Gasteiger partial charge >= 0.3 is 12.1 Å². The second-order valence-corrected chi connectivity index (χ2v) is 5.97. The highest BCUT2D eigenvalue weighted by Gasteiger charge is 2.29. The summed E-state index contributed by atoms with van der Waals surface area (Å²) in [5, 5.41) is 9.24. The van der Waals surface area contributed by atoms with E-state index >= 15 is 0 Å². The number of rotatable bonds is 3. The van der Waals surface area contributed by atoms with Crippen LogP contribution in [0.1, 0.15) is 21.5 Å². The number of carboxylic acid groups (broad SMARTS) is 1. The monoisotopic (exact) mass is 380 g/mol. The normalized spacial score (nSPS) is 11.7. The SMILES string of the molecule is O=C(O)c1ccc2c(=O)n(Cc3ccc(C(F)(F)F)cc3)c(=S)[nH]c2c1. The van der Waals surface area contributed by atoms with Crippen LogP contribution in [-0.2, 0) is 12.7 Å². The molecule has 3 rings (SSSR count). The number of H-pyrrole nitrogens is 1. The number of fused-ring (bicyclic) bond motifs is 1. The zero-order valence-electron chi connectivity index (χ0n) is 13.0. The van der Waals surface area contributed by atoms with Gasteiger partial charge in [0.1, 0.15) is 0 Å². The Morgan fingerprint density at radius 2 is 1.81 bits per heavy atom. The maximum atomic E-state index is 12.6. The molecule has 3 aromatic rings. The molecule has 2 aromatic carbocycles. The largest absolute Gasteiger partial charge is 0.478 e. The van der Waals surface area contributed by atoms with Gasteiger partial charge in [-0.2, -0.15) is 13.2 Å². The number of alkyl halides is 3. The van der Waals surface area contributed by atoms with E-state index in [4.69, 9.17) is 17.3 Å². The summed E-state index contributed by atoms with van der Waals surface area (Å²) in [5.74, 6) is -1.14. The third kappa shape index (κ3) is 3.38. The van der Waals surface area contributed by atoms with Crippen LogP contribution in [0.3, 0.4) is 0 Å². The molecule has 0 saturated heterocycles. The summed E-state index contributed by atoms with van der Waals surface area (Å²) in [7, 11) is 0. The lowest BCUT2D eigenvalue weighted by Gasteiger charge is -2.10. The first-order valence-corrected chi connectivity index (χ1v) is 7.74. The van der Waals surface area contributed by atoms with Crippen molar-refractivity contribution >= 4 is 29.1 Å². The second-order valence-electron chi connectivity index (χ2n) is 5.58. The van der Waals surface area contributed by atoms with Crippen molar-refractivity contribution < 1.29 is 23.1 Å². The van der Waals surface area contributed by atoms with Crippen molar-refractivity contribution in [3.05, 3.63) is 74.3 Å². The number of aromatic nitrogens is 2. The van der Waals surface area contributed by atoms with Gasteiger partial charge in [0.25, 0.3) is 5.56 Å². The second kappa shape index (κ2) is 6.41. The van der Waals surface area contributed by atoms with Crippen molar-refractivity contribution in [1.29, 1.82) is 0 Å². The highest BCUT2D eigenvalue weighted by Crippen LogP contribution is 2.29. The molecule has 9 heteroatoms. The Morgan fingerprint density at radius 3 is 2.38 bits per heavy atom. The molecule has 0 saturated carbocycles. The highest BCUT2D eigenvalue weighted by atomic mass is 32.1. The smallest absolute Gasteiger partial charge is 0.416 e. The molecule has 0 spiro atoms. The van der Waals surface area contributed by atoms with Gasteiger partial charge in [-0.3, -0.25) is 9.36 Å². The lowest BCUT2D eigenvalue weighted by Crippen LogP contribution is -2.23. The molecular formula is C17H11F3N2O3S. The Kier molecular flexibility index (Phi) is 4.41. The molecule has 5 nitrogen and oxygen atoms in total. The number of hydrogen-bond donors (Lipinski definition) is 2. The fourth-order valence-electron chi connectivity index (χ4n) is 2.51. The summed E-state index contributed by atoms with van der Waals surface area (Å²) < 4.78 is 39.1. The van der Waals surface area contributed by atoms with E-state index in [-0.39, 0.29) is 27.8 Å². The van der Waals surface area contributed by atoms with Gasteiger partial charge in [-0.1, -0.05) is 12.1 Å². The van der Waals surface area contributed by atoms with Gasteiger partial charge in [0.05, 0.1) is 28.6 Å². The van der Waals surface area contributed by atoms with E-state index in [0.29, 0.717) is 5.56 Å². The maximum Gasteiger partial charge on any atom is 0.416 e. The Hall–Kier alpha value is -2.94. The summed E-state index contributed by atoms with van der Waals surface area (Å²) in [5.41, 5.74) is -0.480. The minimum Gasteiger partial charge on any atom is -0.478 e. The molecule has 0 atom stereocenters. The molecule has 1 heterocycles. The summed E-state index contributed by atoms with van der Waals surface area (Å²) >= 11 is 5.14. The van der Waals surface area contributed by atoms with Gasteiger partial charge in [-0.15, -0.1) is 0 Å². The molecule has 0 fully saturated rings. The van der Waals surface area contributed by atoms with Gasteiger partial charge < -0.3 is 10.1 Å². The molecule has 134 valence electrons. The highest BCUT2D eigenvalue weighted by molar-refractivity contribution is 7.71. The van der Waals surface area contributed by atoms with Crippen LogP contribution in [0, 0.1) is 4.77 Å². The number of carboxylic acids is 1. The van der Waals surface area contributed by atoms with E-state index in [2.05, 4.69) is 4.98 Å². The molecule has 2 N–H and O–H groups in total. The Balaban J connectivity index is 2.03. The predicted molar refractivity (Wildman–Crippen MR) is 90.9 cm³/mol. The molecule has 0 aliphatic heterocycles. The van der Waals surface area contributed by atoms with Crippen molar-refractivity contribution in [2.75, 3.05) is 0 Å². The van der Waals surface area contributed by atoms with E-state index in [9.17, 15) is 22.8 Å². The van der Waals surface area contributed by atoms with Gasteiger partial charge in [-0.05, 0) is 48.1 Å². The average Bonchev–Trinajstić information content (AvgIpc) is 2.57. The molecule has 0 radical (unpaired) electrons. The Labute approximate surface area is 149 Å². The van der Waals surface area contributed by atoms with E-state index in [1.54, 1.807) is 0 Å². The number of carbonyl (C=O) groups is 1. The van der Waals surface area contributed by atoms with Gasteiger partial charge in [0.15, 0.2) is 4.77 Å². The molecule has 0 bridgehead atoms. The molecule has 26 heavy (non-hydrogen) atoms. The van der Waals surface area contributed by atoms with E-state index in [1.807, 2.05) is 0 Å². The van der Waals surface area contributed by atoms with Crippen LogP contribution in [0.4, 0.5) is 13.2 Å². The number of benzene rings is 2. The number of nitrogens with zero attached hydrogens (tertiary/aromatic N) is 1. The van der Waals surface area contributed by atoms with Crippen molar-refractivity contribution in [3.63, 3.8) is 0 Å². The van der Waals surface area contributed by atoms with Gasteiger partial charge in [0.2, 0.25) is 0 Å². The maximum absolute atomic E-state index is 12.6.